The fraction of sp³-hybridized carbons (Fsp3) is 0.238. The van der Waals surface area contributed by atoms with Crippen molar-refractivity contribution < 1.29 is 4.74 Å². The van der Waals surface area contributed by atoms with E-state index in [4.69, 9.17) is 9.72 Å². The summed E-state index contributed by atoms with van der Waals surface area (Å²) in [5, 5.41) is 2.35. The summed E-state index contributed by atoms with van der Waals surface area (Å²) in [6, 6.07) is 60.7. The van der Waals surface area contributed by atoms with Crippen LogP contribution >= 0.6 is 0 Å². The second-order valence-corrected chi connectivity index (χ2v) is 22.6. The van der Waals surface area contributed by atoms with E-state index in [0.29, 0.717) is 15.1 Å². The molecule has 0 amide bonds. The predicted octanol–water partition coefficient (Wildman–Crippen LogP) is 17.7. The van der Waals surface area contributed by atoms with Gasteiger partial charge < -0.3 is 4.74 Å². The topological polar surface area (TPSA) is 27.1 Å². The number of aromatic nitrogens is 2. The Labute approximate surface area is 403 Å². The van der Waals surface area contributed by atoms with E-state index in [1.165, 1.54) is 61.4 Å². The van der Waals surface area contributed by atoms with Crippen molar-refractivity contribution in [1.82, 2.24) is 18.7 Å². The molecule has 0 spiro atoms. The molecule has 5 nitrogen and oxygen atoms in total. The van der Waals surface area contributed by atoms with Gasteiger partial charge in [-0.05, 0) is 103 Å². The molecule has 0 bridgehead atoms. The lowest BCUT2D eigenvalue weighted by Crippen LogP contribution is -2.47. The Hall–Kier alpha value is -6.79. The van der Waals surface area contributed by atoms with E-state index in [-0.39, 0.29) is 16.2 Å². The first-order valence-corrected chi connectivity index (χ1v) is 24.3. The molecular formula is C63H63N4O+. The fourth-order valence-electron chi connectivity index (χ4n) is 10.7. The molecule has 1 saturated heterocycles. The quantitative estimate of drug-likeness (QED) is 0.0863. The lowest BCUT2D eigenvalue weighted by atomic mass is 9.84. The van der Waals surface area contributed by atoms with Crippen LogP contribution in [0, 0.1) is 6.67 Å². The first kappa shape index (κ1) is 43.8. The summed E-state index contributed by atoms with van der Waals surface area (Å²) >= 11 is 0. The van der Waals surface area contributed by atoms with E-state index in [1.54, 1.807) is 0 Å². The van der Waals surface area contributed by atoms with Crippen LogP contribution in [-0.2, 0) is 16.2 Å². The number of quaternary nitrogens is 2. The van der Waals surface area contributed by atoms with Crippen LogP contribution in [-0.4, -0.2) is 9.55 Å². The van der Waals surface area contributed by atoms with Crippen molar-refractivity contribution in [2.75, 3.05) is 0 Å². The van der Waals surface area contributed by atoms with Crippen molar-refractivity contribution >= 4 is 44.6 Å². The molecule has 5 heteroatoms. The van der Waals surface area contributed by atoms with Gasteiger partial charge >= 0.3 is 0 Å². The Morgan fingerprint density at radius 1 is 0.485 bits per heavy atom. The van der Waals surface area contributed by atoms with Gasteiger partial charge in [-0.15, -0.1) is 0 Å². The molecule has 11 rings (SSSR count). The highest BCUT2D eigenvalue weighted by atomic mass is 16.5. The molecule has 2 aliphatic heterocycles. The molecule has 0 saturated carbocycles. The smallest absolute Gasteiger partial charge is 0.225 e. The zero-order valence-corrected chi connectivity index (χ0v) is 41.5. The first-order chi connectivity index (χ1) is 32.4. The average Bonchev–Trinajstić information content (AvgIpc) is 3.81. The third kappa shape index (κ3) is 6.93. The van der Waals surface area contributed by atoms with Crippen LogP contribution in [0.5, 0.6) is 11.5 Å². The third-order valence-electron chi connectivity index (χ3n) is 14.5. The van der Waals surface area contributed by atoms with Crippen molar-refractivity contribution in [1.29, 1.82) is 0 Å². The highest BCUT2D eigenvalue weighted by Crippen LogP contribution is 2.76. The Bertz CT molecular complexity index is 3450. The SMILES string of the molecule is CC(C)c1ccccc1-c1cc(Oc2ccc3c4ccccc4n(-c4cc(C(C)(C)C)ccn4)c3c2)cc([N+]23[CH-][N@+]2(c2cc(-c4ccccc4)cc(C(C)(C)C)c2)c2ccc(C(C)(C)C)cc23)c1. The normalized spacial score (nSPS) is 17.8. The second kappa shape index (κ2) is 15.4. The van der Waals surface area contributed by atoms with Crippen molar-refractivity contribution in [3.63, 3.8) is 0 Å². The summed E-state index contributed by atoms with van der Waals surface area (Å²) in [7, 11) is 0. The zero-order valence-electron chi connectivity index (χ0n) is 41.5. The second-order valence-electron chi connectivity index (χ2n) is 22.6. The van der Waals surface area contributed by atoms with Crippen molar-refractivity contribution in [2.45, 2.75) is 98.3 Å². The average molecular weight is 892 g/mol. The standard InChI is InChI=1S/C63H63N4O/c1-41(2)52-21-15-16-22-53(52)44-33-49(38-51(34-44)68-50-26-27-55-54-23-17-18-24-56(54)65(57(55)39-50)60-37-46(29-30-64-60)62(6,7)8)67-40-66(67,58-28-25-45(36-59(58)67)61(3,4)5)48-32-43(42-19-13-12-14-20-42)31-47(35-48)63(9,10)11/h12-41H,1-11H3/q+1/t66-,67?/m0/s1. The van der Waals surface area contributed by atoms with Crippen LogP contribution in [0.15, 0.2) is 170 Å². The molecule has 340 valence electrons. The number of fused-ring (bicyclic) bond motifs is 7. The minimum Gasteiger partial charge on any atom is -0.457 e. The first-order valence-electron chi connectivity index (χ1n) is 24.3. The molecule has 2 aromatic heterocycles. The molecule has 1 fully saturated rings. The Kier molecular flexibility index (Phi) is 9.89. The summed E-state index contributed by atoms with van der Waals surface area (Å²) in [6.45, 7) is 27.8. The maximum Gasteiger partial charge on any atom is 0.225 e. The number of rotatable bonds is 8. The Balaban J connectivity index is 1.12. The summed E-state index contributed by atoms with van der Waals surface area (Å²) in [6.07, 6.45) is 1.94. The zero-order chi connectivity index (χ0) is 47.5. The van der Waals surface area contributed by atoms with Crippen LogP contribution < -0.4 is 13.9 Å². The Morgan fingerprint density at radius 2 is 1.13 bits per heavy atom. The van der Waals surface area contributed by atoms with Crippen LogP contribution in [0.1, 0.15) is 104 Å². The van der Waals surface area contributed by atoms with Gasteiger partial charge in [0.1, 0.15) is 17.3 Å². The van der Waals surface area contributed by atoms with Crippen LogP contribution in [0.3, 0.4) is 0 Å². The predicted molar refractivity (Wildman–Crippen MR) is 286 cm³/mol. The number of hydrogen-bond donors (Lipinski definition) is 0. The van der Waals surface area contributed by atoms with Gasteiger partial charge in [0.15, 0.2) is 18.0 Å². The highest BCUT2D eigenvalue weighted by molar-refractivity contribution is 6.09. The summed E-state index contributed by atoms with van der Waals surface area (Å²) < 4.78 is 10.7. The van der Waals surface area contributed by atoms with Gasteiger partial charge in [-0.2, -0.15) is 9.18 Å². The minimum atomic E-state index is -0.0624. The van der Waals surface area contributed by atoms with Gasteiger partial charge in [0.05, 0.1) is 11.0 Å². The fourth-order valence-corrected chi connectivity index (χ4v) is 10.7. The highest BCUT2D eigenvalue weighted by Gasteiger charge is 2.78. The van der Waals surface area contributed by atoms with E-state index in [0.717, 1.165) is 45.0 Å². The van der Waals surface area contributed by atoms with Crippen molar-refractivity contribution in [2.24, 2.45) is 0 Å². The van der Waals surface area contributed by atoms with Gasteiger partial charge in [-0.3, -0.25) is 4.57 Å². The molecule has 4 heterocycles. The molecule has 1 unspecified atom stereocenters. The summed E-state index contributed by atoms with van der Waals surface area (Å²) in [4.78, 5) is 4.96. The molecule has 0 radical (unpaired) electrons. The Morgan fingerprint density at radius 3 is 1.88 bits per heavy atom. The largest absolute Gasteiger partial charge is 0.457 e. The number of ether oxygens (including phenoxy) is 1. The van der Waals surface area contributed by atoms with Gasteiger partial charge in [0.2, 0.25) is 11.4 Å². The summed E-state index contributed by atoms with van der Waals surface area (Å²) in [5.74, 6) is 2.80. The van der Waals surface area contributed by atoms with E-state index in [9.17, 15) is 0 Å². The van der Waals surface area contributed by atoms with Crippen LogP contribution in [0.25, 0.3) is 49.9 Å². The summed E-state index contributed by atoms with van der Waals surface area (Å²) in [5.41, 5.74) is 17.1. The maximum absolute atomic E-state index is 7.22. The van der Waals surface area contributed by atoms with E-state index < -0.39 is 0 Å². The molecule has 68 heavy (non-hydrogen) atoms. The number of nitrogens with zero attached hydrogens (tertiary/aromatic N) is 4. The third-order valence-corrected chi connectivity index (χ3v) is 14.5. The van der Waals surface area contributed by atoms with Gasteiger partial charge in [0, 0.05) is 59.4 Å². The van der Waals surface area contributed by atoms with Gasteiger partial charge in [0.25, 0.3) is 0 Å². The van der Waals surface area contributed by atoms with Gasteiger partial charge in [-0.1, -0.05) is 161 Å². The molecule has 0 aliphatic carbocycles. The van der Waals surface area contributed by atoms with Gasteiger partial charge in [-0.25, -0.2) is 4.98 Å². The molecular weight excluding hydrogens is 829 g/mol. The minimum absolute atomic E-state index is 0.0239. The monoisotopic (exact) mass is 891 g/mol. The van der Waals surface area contributed by atoms with E-state index in [2.05, 4.69) is 251 Å². The van der Waals surface area contributed by atoms with E-state index in [1.807, 2.05) is 6.20 Å². The molecule has 0 N–H and O–H groups in total. The lowest BCUT2D eigenvalue weighted by Gasteiger charge is -2.41. The molecule has 7 aromatic carbocycles. The lowest BCUT2D eigenvalue weighted by molar-refractivity contribution is 0.421. The number of pyridine rings is 1. The maximum atomic E-state index is 7.22. The van der Waals surface area contributed by atoms with Crippen LogP contribution in [0.2, 0.25) is 0 Å². The number of hydrogen-bond acceptors (Lipinski definition) is 2. The molecule has 2 aliphatic rings. The number of para-hydroxylation sites is 1. The van der Waals surface area contributed by atoms with E-state index >= 15 is 0 Å². The molecule has 2 atom stereocenters. The van der Waals surface area contributed by atoms with Crippen molar-refractivity contribution in [3.8, 4) is 39.6 Å². The molecule has 9 aromatic rings. The van der Waals surface area contributed by atoms with Crippen LogP contribution in [0.4, 0.5) is 22.7 Å². The number of benzene rings is 7. The van der Waals surface area contributed by atoms with Crippen molar-refractivity contribution in [3.05, 3.63) is 199 Å².